The SMILES string of the molecule is CC1CCC(NC(=O)CCCN)CC1. The van der Waals surface area contributed by atoms with Crippen LogP contribution < -0.4 is 11.1 Å². The summed E-state index contributed by atoms with van der Waals surface area (Å²) in [6.45, 7) is 2.89. The summed E-state index contributed by atoms with van der Waals surface area (Å²) >= 11 is 0. The molecule has 3 nitrogen and oxygen atoms in total. The van der Waals surface area contributed by atoms with Crippen molar-refractivity contribution < 1.29 is 4.79 Å². The highest BCUT2D eigenvalue weighted by Crippen LogP contribution is 2.23. The predicted molar refractivity (Wildman–Crippen MR) is 57.9 cm³/mol. The molecule has 0 saturated heterocycles. The lowest BCUT2D eigenvalue weighted by molar-refractivity contribution is -0.122. The number of nitrogens with one attached hydrogen (secondary N) is 1. The zero-order valence-electron chi connectivity index (χ0n) is 9.09. The van der Waals surface area contributed by atoms with E-state index in [1.165, 1.54) is 12.8 Å². The molecule has 0 radical (unpaired) electrons. The van der Waals surface area contributed by atoms with Crippen LogP contribution in [0.25, 0.3) is 0 Å². The number of amides is 1. The summed E-state index contributed by atoms with van der Waals surface area (Å²) in [5.74, 6) is 1.02. The molecule has 0 atom stereocenters. The fourth-order valence-corrected chi connectivity index (χ4v) is 1.97. The maximum absolute atomic E-state index is 11.4. The quantitative estimate of drug-likeness (QED) is 0.718. The molecular formula is C11H22N2O. The number of hydrogen-bond donors (Lipinski definition) is 2. The van der Waals surface area contributed by atoms with E-state index in [1.807, 2.05) is 0 Å². The molecule has 0 aromatic heterocycles. The van der Waals surface area contributed by atoms with Gasteiger partial charge in [-0.3, -0.25) is 4.79 Å². The highest BCUT2D eigenvalue weighted by molar-refractivity contribution is 5.76. The van der Waals surface area contributed by atoms with Crippen LogP contribution in [-0.2, 0) is 4.79 Å². The Morgan fingerprint density at radius 1 is 1.36 bits per heavy atom. The van der Waals surface area contributed by atoms with Crippen molar-refractivity contribution in [2.24, 2.45) is 11.7 Å². The second-order valence-corrected chi connectivity index (χ2v) is 4.42. The molecule has 82 valence electrons. The first-order chi connectivity index (χ1) is 6.72. The highest BCUT2D eigenvalue weighted by Gasteiger charge is 2.19. The molecule has 0 aliphatic heterocycles. The summed E-state index contributed by atoms with van der Waals surface area (Å²) in [6, 6.07) is 0.427. The lowest BCUT2D eigenvalue weighted by atomic mass is 9.87. The molecule has 1 aliphatic rings. The lowest BCUT2D eigenvalue weighted by Gasteiger charge is -2.26. The number of rotatable bonds is 4. The Morgan fingerprint density at radius 2 is 2.00 bits per heavy atom. The summed E-state index contributed by atoms with van der Waals surface area (Å²) in [4.78, 5) is 11.4. The fraction of sp³-hybridized carbons (Fsp3) is 0.909. The molecule has 1 aliphatic carbocycles. The van der Waals surface area contributed by atoms with Crippen molar-refractivity contribution in [1.82, 2.24) is 5.32 Å². The summed E-state index contributed by atoms with van der Waals surface area (Å²) in [7, 11) is 0. The molecule has 3 N–H and O–H groups in total. The van der Waals surface area contributed by atoms with E-state index in [-0.39, 0.29) is 5.91 Å². The molecule has 3 heteroatoms. The second-order valence-electron chi connectivity index (χ2n) is 4.42. The van der Waals surface area contributed by atoms with E-state index in [2.05, 4.69) is 12.2 Å². The molecule has 0 aromatic carbocycles. The van der Waals surface area contributed by atoms with Crippen LogP contribution in [0.2, 0.25) is 0 Å². The average molecular weight is 198 g/mol. The third-order valence-corrected chi connectivity index (χ3v) is 2.99. The molecule has 0 heterocycles. The first-order valence-electron chi connectivity index (χ1n) is 5.71. The van der Waals surface area contributed by atoms with E-state index in [9.17, 15) is 4.79 Å². The maximum atomic E-state index is 11.4. The van der Waals surface area contributed by atoms with Gasteiger partial charge in [0.2, 0.25) is 5.91 Å². The normalized spacial score (nSPS) is 27.3. The standard InChI is InChI=1S/C11H22N2O/c1-9-4-6-10(7-5-9)13-11(14)3-2-8-12/h9-10H,2-8,12H2,1H3,(H,13,14). The number of carbonyl (C=O) groups is 1. The van der Waals surface area contributed by atoms with Crippen molar-refractivity contribution in [3.63, 3.8) is 0 Å². The molecule has 1 rings (SSSR count). The van der Waals surface area contributed by atoms with Crippen LogP contribution in [0.4, 0.5) is 0 Å². The Balaban J connectivity index is 2.14. The summed E-state index contributed by atoms with van der Waals surface area (Å²) in [5, 5.41) is 3.08. The van der Waals surface area contributed by atoms with Crippen molar-refractivity contribution in [2.75, 3.05) is 6.54 Å². The van der Waals surface area contributed by atoms with Gasteiger partial charge in [-0.2, -0.15) is 0 Å². The van der Waals surface area contributed by atoms with Gasteiger partial charge in [-0.05, 0) is 44.6 Å². The second kappa shape index (κ2) is 6.02. The summed E-state index contributed by atoms with van der Waals surface area (Å²) in [6.07, 6.45) is 6.19. The van der Waals surface area contributed by atoms with Crippen molar-refractivity contribution in [3.05, 3.63) is 0 Å². The van der Waals surface area contributed by atoms with Gasteiger partial charge in [0.25, 0.3) is 0 Å². The van der Waals surface area contributed by atoms with Crippen LogP contribution >= 0.6 is 0 Å². The molecule has 1 saturated carbocycles. The number of hydrogen-bond acceptors (Lipinski definition) is 2. The van der Waals surface area contributed by atoms with Crippen LogP contribution in [0.5, 0.6) is 0 Å². The zero-order chi connectivity index (χ0) is 10.4. The van der Waals surface area contributed by atoms with Gasteiger partial charge >= 0.3 is 0 Å². The van der Waals surface area contributed by atoms with Gasteiger partial charge in [0.15, 0.2) is 0 Å². The van der Waals surface area contributed by atoms with Crippen molar-refractivity contribution in [1.29, 1.82) is 0 Å². The Kier molecular flexibility index (Phi) is 4.94. The minimum Gasteiger partial charge on any atom is -0.353 e. The Hall–Kier alpha value is -0.570. The molecule has 0 unspecified atom stereocenters. The van der Waals surface area contributed by atoms with Gasteiger partial charge < -0.3 is 11.1 Å². The third kappa shape index (κ3) is 4.09. The minimum absolute atomic E-state index is 0.176. The van der Waals surface area contributed by atoms with Crippen LogP contribution in [0, 0.1) is 5.92 Å². The molecule has 0 aromatic rings. The Labute approximate surface area is 86.4 Å². The van der Waals surface area contributed by atoms with Crippen LogP contribution in [-0.4, -0.2) is 18.5 Å². The maximum Gasteiger partial charge on any atom is 0.220 e. The van der Waals surface area contributed by atoms with E-state index < -0.39 is 0 Å². The van der Waals surface area contributed by atoms with E-state index in [0.717, 1.165) is 25.2 Å². The lowest BCUT2D eigenvalue weighted by Crippen LogP contribution is -2.37. The average Bonchev–Trinajstić information content (AvgIpc) is 2.18. The largest absolute Gasteiger partial charge is 0.353 e. The fourth-order valence-electron chi connectivity index (χ4n) is 1.97. The van der Waals surface area contributed by atoms with Gasteiger partial charge in [-0.15, -0.1) is 0 Å². The molecule has 14 heavy (non-hydrogen) atoms. The first-order valence-corrected chi connectivity index (χ1v) is 5.71. The third-order valence-electron chi connectivity index (χ3n) is 2.99. The van der Waals surface area contributed by atoms with Gasteiger partial charge in [0.05, 0.1) is 0 Å². The zero-order valence-corrected chi connectivity index (χ0v) is 9.09. The molecule has 1 amide bonds. The van der Waals surface area contributed by atoms with Crippen LogP contribution in [0.1, 0.15) is 45.4 Å². The van der Waals surface area contributed by atoms with Gasteiger partial charge in [-0.1, -0.05) is 6.92 Å². The van der Waals surface area contributed by atoms with Crippen LogP contribution in [0.15, 0.2) is 0 Å². The van der Waals surface area contributed by atoms with Gasteiger partial charge in [0.1, 0.15) is 0 Å². The first kappa shape index (κ1) is 11.5. The Bertz CT molecular complexity index is 174. The Morgan fingerprint density at radius 3 is 2.57 bits per heavy atom. The van der Waals surface area contributed by atoms with E-state index in [4.69, 9.17) is 5.73 Å². The highest BCUT2D eigenvalue weighted by atomic mass is 16.1. The van der Waals surface area contributed by atoms with E-state index >= 15 is 0 Å². The van der Waals surface area contributed by atoms with E-state index in [1.54, 1.807) is 0 Å². The molecule has 0 spiro atoms. The van der Waals surface area contributed by atoms with E-state index in [0.29, 0.717) is 19.0 Å². The monoisotopic (exact) mass is 198 g/mol. The molecule has 1 fully saturated rings. The van der Waals surface area contributed by atoms with Gasteiger partial charge in [-0.25, -0.2) is 0 Å². The predicted octanol–water partition coefficient (Wildman–Crippen LogP) is 1.42. The van der Waals surface area contributed by atoms with Gasteiger partial charge in [0, 0.05) is 12.5 Å². The van der Waals surface area contributed by atoms with Crippen LogP contribution in [0.3, 0.4) is 0 Å². The number of nitrogens with two attached hydrogens (primary N) is 1. The van der Waals surface area contributed by atoms with Crippen molar-refractivity contribution >= 4 is 5.91 Å². The smallest absolute Gasteiger partial charge is 0.220 e. The molecule has 0 bridgehead atoms. The summed E-state index contributed by atoms with van der Waals surface area (Å²) < 4.78 is 0. The minimum atomic E-state index is 0.176. The summed E-state index contributed by atoms with van der Waals surface area (Å²) in [5.41, 5.74) is 5.35. The molecular weight excluding hydrogens is 176 g/mol. The van der Waals surface area contributed by atoms with Crippen molar-refractivity contribution in [3.8, 4) is 0 Å². The number of carbonyl (C=O) groups excluding carboxylic acids is 1. The van der Waals surface area contributed by atoms with Crippen molar-refractivity contribution in [2.45, 2.75) is 51.5 Å². The topological polar surface area (TPSA) is 55.1 Å².